The molecule has 9 heteroatoms. The fourth-order valence-corrected chi connectivity index (χ4v) is 2.65. The Balaban J connectivity index is 1.73. The predicted molar refractivity (Wildman–Crippen MR) is 95.7 cm³/mol. The van der Waals surface area contributed by atoms with Crippen LogP contribution in [0.4, 0.5) is 5.69 Å². The molecule has 2 aromatic heterocycles. The van der Waals surface area contributed by atoms with Gasteiger partial charge in [0, 0.05) is 30.5 Å². The van der Waals surface area contributed by atoms with Gasteiger partial charge < -0.3 is 9.64 Å². The zero-order valence-corrected chi connectivity index (χ0v) is 14.8. The number of H-pyrrole nitrogens is 1. The van der Waals surface area contributed by atoms with E-state index >= 15 is 0 Å². The molecule has 2 heterocycles. The van der Waals surface area contributed by atoms with Crippen LogP contribution in [0.3, 0.4) is 0 Å². The van der Waals surface area contributed by atoms with Crippen molar-refractivity contribution in [2.45, 2.75) is 20.4 Å². The van der Waals surface area contributed by atoms with Crippen molar-refractivity contribution in [3.05, 3.63) is 42.4 Å². The van der Waals surface area contributed by atoms with Crippen LogP contribution in [0.5, 0.6) is 0 Å². The molecule has 1 aromatic carbocycles. The summed E-state index contributed by atoms with van der Waals surface area (Å²) in [5, 5.41) is 18.3. The Bertz CT molecular complexity index is 827. The normalized spacial score (nSPS) is 10.7. The number of esters is 1. The Morgan fingerprint density at radius 2 is 2.04 bits per heavy atom. The minimum absolute atomic E-state index is 0.193. The lowest BCUT2D eigenvalue weighted by Crippen LogP contribution is -2.27. The fraction of sp³-hybridized carbons (Fsp3) is 0.353. The number of nitrogens with one attached hydrogen (secondary N) is 1. The number of hydrogen-bond acceptors (Lipinski definition) is 7. The molecule has 0 aliphatic carbocycles. The highest BCUT2D eigenvalue weighted by atomic mass is 16.5. The van der Waals surface area contributed by atoms with Crippen molar-refractivity contribution >= 4 is 11.7 Å². The van der Waals surface area contributed by atoms with E-state index in [-0.39, 0.29) is 5.69 Å². The number of carbonyl (C=O) groups excluding carboxylic acids is 1. The monoisotopic (exact) mass is 355 g/mol. The summed E-state index contributed by atoms with van der Waals surface area (Å²) in [5.74, 6) is -0.483. The van der Waals surface area contributed by atoms with Gasteiger partial charge in [-0.15, -0.1) is 10.2 Å². The number of ether oxygens (including phenoxy) is 1. The van der Waals surface area contributed by atoms with Gasteiger partial charge in [0.25, 0.3) is 0 Å². The molecule has 3 rings (SSSR count). The van der Waals surface area contributed by atoms with Crippen LogP contribution in [0, 0.1) is 0 Å². The third kappa shape index (κ3) is 3.88. The standard InChI is InChI=1S/C17H21N7O2/c1-3-23(11-12-24-10-9-18-22-24)14-7-5-13(6-8-14)15-16(20-21-19-15)17(25)26-4-2/h5-10H,3-4,11-12H2,1-2H3,(H,19,20,21). The Hall–Kier alpha value is -3.23. The topological polar surface area (TPSA) is 102 Å². The molecule has 0 bridgehead atoms. The first-order valence-corrected chi connectivity index (χ1v) is 8.50. The molecular formula is C17H21N7O2. The van der Waals surface area contributed by atoms with Crippen LogP contribution >= 0.6 is 0 Å². The average Bonchev–Trinajstić information content (AvgIpc) is 3.35. The van der Waals surface area contributed by atoms with E-state index in [4.69, 9.17) is 4.74 Å². The van der Waals surface area contributed by atoms with E-state index in [9.17, 15) is 4.79 Å². The number of aromatic amines is 1. The molecule has 0 saturated heterocycles. The van der Waals surface area contributed by atoms with Gasteiger partial charge in [0.1, 0.15) is 5.69 Å². The maximum atomic E-state index is 12.0. The number of hydrogen-bond donors (Lipinski definition) is 1. The summed E-state index contributed by atoms with van der Waals surface area (Å²) >= 11 is 0. The number of likely N-dealkylation sites (N-methyl/N-ethyl adjacent to an activating group) is 1. The van der Waals surface area contributed by atoms with Crippen LogP contribution in [0.15, 0.2) is 36.7 Å². The van der Waals surface area contributed by atoms with E-state index in [1.54, 1.807) is 17.8 Å². The van der Waals surface area contributed by atoms with Gasteiger partial charge in [-0.3, -0.25) is 4.68 Å². The van der Waals surface area contributed by atoms with Crippen LogP contribution in [-0.4, -0.2) is 56.1 Å². The molecule has 1 N–H and O–H groups in total. The van der Waals surface area contributed by atoms with Gasteiger partial charge in [0.05, 0.1) is 19.3 Å². The van der Waals surface area contributed by atoms with E-state index in [0.29, 0.717) is 12.3 Å². The lowest BCUT2D eigenvalue weighted by molar-refractivity contribution is 0.0520. The van der Waals surface area contributed by atoms with Crippen LogP contribution in [-0.2, 0) is 11.3 Å². The molecule has 3 aromatic rings. The average molecular weight is 355 g/mol. The van der Waals surface area contributed by atoms with Gasteiger partial charge >= 0.3 is 5.97 Å². The van der Waals surface area contributed by atoms with E-state index in [1.165, 1.54) is 0 Å². The number of anilines is 1. The lowest BCUT2D eigenvalue weighted by Gasteiger charge is -2.23. The Labute approximate surface area is 151 Å². The van der Waals surface area contributed by atoms with Crippen LogP contribution < -0.4 is 4.90 Å². The van der Waals surface area contributed by atoms with Gasteiger partial charge in [-0.1, -0.05) is 17.3 Å². The van der Waals surface area contributed by atoms with Crippen LogP contribution in [0.1, 0.15) is 24.3 Å². The summed E-state index contributed by atoms with van der Waals surface area (Å²) in [5.41, 5.74) is 2.56. The second-order valence-corrected chi connectivity index (χ2v) is 5.53. The largest absolute Gasteiger partial charge is 0.461 e. The van der Waals surface area contributed by atoms with Gasteiger partial charge in [-0.25, -0.2) is 4.79 Å². The molecule has 0 unspecified atom stereocenters. The van der Waals surface area contributed by atoms with Gasteiger partial charge in [-0.05, 0) is 26.0 Å². The molecule has 0 spiro atoms. The molecule has 0 fully saturated rings. The molecule has 0 aliphatic rings. The highest BCUT2D eigenvalue weighted by molar-refractivity contribution is 5.93. The van der Waals surface area contributed by atoms with Gasteiger partial charge in [-0.2, -0.15) is 10.3 Å². The Morgan fingerprint density at radius 1 is 1.23 bits per heavy atom. The van der Waals surface area contributed by atoms with Crippen LogP contribution in [0.25, 0.3) is 11.3 Å². The first-order valence-electron chi connectivity index (χ1n) is 8.50. The van der Waals surface area contributed by atoms with Crippen molar-refractivity contribution < 1.29 is 9.53 Å². The lowest BCUT2D eigenvalue weighted by atomic mass is 10.1. The van der Waals surface area contributed by atoms with Crippen molar-refractivity contribution in [2.24, 2.45) is 0 Å². The van der Waals surface area contributed by atoms with Crippen molar-refractivity contribution in [2.75, 3.05) is 24.6 Å². The maximum absolute atomic E-state index is 12.0. The number of benzene rings is 1. The van der Waals surface area contributed by atoms with Crippen molar-refractivity contribution in [3.63, 3.8) is 0 Å². The minimum atomic E-state index is -0.483. The highest BCUT2D eigenvalue weighted by Gasteiger charge is 2.19. The number of aromatic nitrogens is 6. The number of nitrogens with zero attached hydrogens (tertiary/aromatic N) is 6. The third-order valence-corrected chi connectivity index (χ3v) is 3.98. The Morgan fingerprint density at radius 3 is 2.69 bits per heavy atom. The first kappa shape index (κ1) is 17.6. The third-order valence-electron chi connectivity index (χ3n) is 3.98. The number of rotatable bonds is 8. The van der Waals surface area contributed by atoms with Gasteiger partial charge in [0.2, 0.25) is 0 Å². The molecule has 0 aliphatic heterocycles. The quantitative estimate of drug-likeness (QED) is 0.614. The van der Waals surface area contributed by atoms with Crippen molar-refractivity contribution in [1.82, 2.24) is 30.4 Å². The summed E-state index contributed by atoms with van der Waals surface area (Å²) in [6, 6.07) is 7.86. The highest BCUT2D eigenvalue weighted by Crippen LogP contribution is 2.24. The second kappa shape index (κ2) is 8.24. The second-order valence-electron chi connectivity index (χ2n) is 5.53. The van der Waals surface area contributed by atoms with E-state index in [2.05, 4.69) is 37.5 Å². The Kier molecular flexibility index (Phi) is 5.57. The first-order chi connectivity index (χ1) is 12.7. The van der Waals surface area contributed by atoms with E-state index in [1.807, 2.05) is 30.5 Å². The molecule has 0 radical (unpaired) electrons. The summed E-state index contributed by atoms with van der Waals surface area (Å²) < 4.78 is 6.82. The molecule has 0 atom stereocenters. The van der Waals surface area contributed by atoms with E-state index in [0.717, 1.165) is 30.9 Å². The number of carbonyl (C=O) groups is 1. The summed E-state index contributed by atoms with van der Waals surface area (Å²) in [7, 11) is 0. The zero-order valence-electron chi connectivity index (χ0n) is 14.8. The zero-order chi connectivity index (χ0) is 18.4. The molecule has 136 valence electrons. The van der Waals surface area contributed by atoms with E-state index < -0.39 is 5.97 Å². The summed E-state index contributed by atoms with van der Waals surface area (Å²) in [6.45, 7) is 6.59. The maximum Gasteiger partial charge on any atom is 0.361 e. The molecule has 26 heavy (non-hydrogen) atoms. The summed E-state index contributed by atoms with van der Waals surface area (Å²) in [6.07, 6.45) is 3.52. The van der Waals surface area contributed by atoms with Crippen molar-refractivity contribution in [3.8, 4) is 11.3 Å². The smallest absolute Gasteiger partial charge is 0.361 e. The van der Waals surface area contributed by atoms with Gasteiger partial charge in [0.15, 0.2) is 5.69 Å². The van der Waals surface area contributed by atoms with Crippen LogP contribution in [0.2, 0.25) is 0 Å². The molecular weight excluding hydrogens is 334 g/mol. The molecule has 0 saturated carbocycles. The van der Waals surface area contributed by atoms with Crippen molar-refractivity contribution in [1.29, 1.82) is 0 Å². The SMILES string of the molecule is CCOC(=O)c1n[nH]nc1-c1ccc(N(CC)CCn2ccnn2)cc1. The fourth-order valence-electron chi connectivity index (χ4n) is 2.65. The molecule has 9 nitrogen and oxygen atoms in total. The minimum Gasteiger partial charge on any atom is -0.461 e. The molecule has 0 amide bonds. The summed E-state index contributed by atoms with van der Waals surface area (Å²) in [4.78, 5) is 14.2. The predicted octanol–water partition coefficient (Wildman–Crippen LogP) is 1.77.